The van der Waals surface area contributed by atoms with Crippen molar-refractivity contribution in [3.05, 3.63) is 36.0 Å². The molecule has 1 aliphatic heterocycles. The molecule has 1 N–H and O–H groups in total. The fourth-order valence-electron chi connectivity index (χ4n) is 4.09. The van der Waals surface area contributed by atoms with Crippen LogP contribution in [0.15, 0.2) is 30.5 Å². The molecule has 1 aromatic heterocycles. The topological polar surface area (TPSA) is 61.2 Å². The predicted molar refractivity (Wildman–Crippen MR) is 98.5 cm³/mol. The molecule has 0 spiro atoms. The molecular weight excluding hydrogens is 312 g/mol. The Hall–Kier alpha value is -2.16. The van der Waals surface area contributed by atoms with E-state index in [1.54, 1.807) is 0 Å². The molecule has 1 aliphatic carbocycles. The standard InChI is InChI=1S/C20H24N4O/c21-14-15-1-6-19-18(13-15)20(7-8-22-19)23-16-2-4-17(5-3-16)24-9-11-25-12-10-24/h1,6-8,13,16-17H,2-5,9-12H2,(H,22,23). The molecule has 1 aromatic carbocycles. The minimum atomic E-state index is 0.494. The molecule has 0 unspecified atom stereocenters. The van der Waals surface area contributed by atoms with Crippen molar-refractivity contribution in [3.8, 4) is 6.07 Å². The Kier molecular flexibility index (Phi) is 4.82. The van der Waals surface area contributed by atoms with E-state index in [-0.39, 0.29) is 0 Å². The number of nitrogens with one attached hydrogen (secondary N) is 1. The van der Waals surface area contributed by atoms with E-state index < -0.39 is 0 Å². The molecule has 5 nitrogen and oxygen atoms in total. The van der Waals surface area contributed by atoms with Crippen LogP contribution in [0.5, 0.6) is 0 Å². The van der Waals surface area contributed by atoms with E-state index >= 15 is 0 Å². The Morgan fingerprint density at radius 2 is 1.92 bits per heavy atom. The molecule has 2 fully saturated rings. The maximum Gasteiger partial charge on any atom is 0.0991 e. The lowest BCUT2D eigenvalue weighted by Crippen LogP contribution is -2.46. The molecule has 2 heterocycles. The van der Waals surface area contributed by atoms with Crippen LogP contribution in [0.4, 0.5) is 5.69 Å². The molecule has 2 aliphatic rings. The lowest BCUT2D eigenvalue weighted by molar-refractivity contribution is 0.00791. The average molecular weight is 336 g/mol. The smallest absolute Gasteiger partial charge is 0.0991 e. The molecule has 0 atom stereocenters. The quantitative estimate of drug-likeness (QED) is 0.933. The number of aromatic nitrogens is 1. The summed E-state index contributed by atoms with van der Waals surface area (Å²) in [6.45, 7) is 3.91. The highest BCUT2D eigenvalue weighted by atomic mass is 16.5. The van der Waals surface area contributed by atoms with Gasteiger partial charge in [-0.1, -0.05) is 0 Å². The van der Waals surface area contributed by atoms with Gasteiger partial charge in [0.1, 0.15) is 0 Å². The van der Waals surface area contributed by atoms with Crippen molar-refractivity contribution in [1.29, 1.82) is 5.26 Å². The summed E-state index contributed by atoms with van der Waals surface area (Å²) >= 11 is 0. The number of fused-ring (bicyclic) bond motifs is 1. The Labute approximate surface area is 148 Å². The normalized spacial score (nSPS) is 24.8. The number of rotatable bonds is 3. The highest BCUT2D eigenvalue weighted by Gasteiger charge is 2.27. The van der Waals surface area contributed by atoms with Crippen LogP contribution in [-0.2, 0) is 4.74 Å². The van der Waals surface area contributed by atoms with E-state index in [9.17, 15) is 0 Å². The number of pyridine rings is 1. The van der Waals surface area contributed by atoms with Gasteiger partial charge in [-0.2, -0.15) is 5.26 Å². The maximum atomic E-state index is 9.16. The van der Waals surface area contributed by atoms with Crippen molar-refractivity contribution in [2.45, 2.75) is 37.8 Å². The lowest BCUT2D eigenvalue weighted by atomic mass is 9.89. The average Bonchev–Trinajstić information content (AvgIpc) is 2.69. The van der Waals surface area contributed by atoms with Gasteiger partial charge in [-0.15, -0.1) is 0 Å². The van der Waals surface area contributed by atoms with Crippen LogP contribution in [-0.4, -0.2) is 48.3 Å². The van der Waals surface area contributed by atoms with E-state index in [0.29, 0.717) is 17.6 Å². The highest BCUT2D eigenvalue weighted by molar-refractivity contribution is 5.92. The first kappa shape index (κ1) is 16.3. The van der Waals surface area contributed by atoms with Gasteiger partial charge in [-0.3, -0.25) is 9.88 Å². The van der Waals surface area contributed by atoms with Crippen molar-refractivity contribution in [2.24, 2.45) is 0 Å². The Balaban J connectivity index is 1.43. The summed E-state index contributed by atoms with van der Waals surface area (Å²) in [5.41, 5.74) is 2.71. The van der Waals surface area contributed by atoms with Crippen LogP contribution in [0.2, 0.25) is 0 Å². The first-order valence-corrected chi connectivity index (χ1v) is 9.21. The number of hydrogen-bond acceptors (Lipinski definition) is 5. The zero-order valence-electron chi connectivity index (χ0n) is 14.4. The highest BCUT2D eigenvalue weighted by Crippen LogP contribution is 2.29. The fraction of sp³-hybridized carbons (Fsp3) is 0.500. The van der Waals surface area contributed by atoms with Gasteiger partial charge in [0.25, 0.3) is 0 Å². The summed E-state index contributed by atoms with van der Waals surface area (Å²) in [5.74, 6) is 0. The van der Waals surface area contributed by atoms with Crippen LogP contribution >= 0.6 is 0 Å². The predicted octanol–water partition coefficient (Wildman–Crippen LogP) is 3.16. The molecule has 4 rings (SSSR count). The van der Waals surface area contributed by atoms with Gasteiger partial charge in [0.2, 0.25) is 0 Å². The second kappa shape index (κ2) is 7.38. The first-order valence-electron chi connectivity index (χ1n) is 9.21. The number of ether oxygens (including phenoxy) is 1. The molecule has 2 aromatic rings. The summed E-state index contributed by atoms with van der Waals surface area (Å²) in [6.07, 6.45) is 6.69. The van der Waals surface area contributed by atoms with Gasteiger partial charge in [0, 0.05) is 42.4 Å². The van der Waals surface area contributed by atoms with E-state index in [4.69, 9.17) is 10.00 Å². The number of nitrogens with zero attached hydrogens (tertiary/aromatic N) is 3. The molecular formula is C20H24N4O. The fourth-order valence-corrected chi connectivity index (χ4v) is 4.09. The third-order valence-corrected chi connectivity index (χ3v) is 5.49. The van der Waals surface area contributed by atoms with Crippen molar-refractivity contribution in [1.82, 2.24) is 9.88 Å². The first-order chi connectivity index (χ1) is 12.3. The van der Waals surface area contributed by atoms with Gasteiger partial charge in [-0.25, -0.2) is 0 Å². The third-order valence-electron chi connectivity index (χ3n) is 5.49. The van der Waals surface area contributed by atoms with Crippen molar-refractivity contribution in [3.63, 3.8) is 0 Å². The lowest BCUT2D eigenvalue weighted by Gasteiger charge is -2.39. The molecule has 1 saturated heterocycles. The monoisotopic (exact) mass is 336 g/mol. The van der Waals surface area contributed by atoms with Gasteiger partial charge in [0.15, 0.2) is 0 Å². The molecule has 0 amide bonds. The third kappa shape index (κ3) is 3.60. The number of benzene rings is 1. The summed E-state index contributed by atoms with van der Waals surface area (Å²) in [4.78, 5) is 7.01. The zero-order chi connectivity index (χ0) is 17.1. The Bertz CT molecular complexity index is 771. The minimum Gasteiger partial charge on any atom is -0.382 e. The van der Waals surface area contributed by atoms with Crippen molar-refractivity contribution < 1.29 is 4.74 Å². The second-order valence-electron chi connectivity index (χ2n) is 7.00. The van der Waals surface area contributed by atoms with Crippen LogP contribution in [0.1, 0.15) is 31.2 Å². The maximum absolute atomic E-state index is 9.16. The van der Waals surface area contributed by atoms with E-state index in [0.717, 1.165) is 42.9 Å². The van der Waals surface area contributed by atoms with Gasteiger partial charge in [-0.05, 0) is 49.9 Å². The summed E-state index contributed by atoms with van der Waals surface area (Å²) in [7, 11) is 0. The van der Waals surface area contributed by atoms with E-state index in [1.807, 2.05) is 30.5 Å². The largest absolute Gasteiger partial charge is 0.382 e. The van der Waals surface area contributed by atoms with Crippen LogP contribution in [0.25, 0.3) is 10.9 Å². The van der Waals surface area contributed by atoms with E-state index in [1.165, 1.54) is 25.7 Å². The Morgan fingerprint density at radius 1 is 1.12 bits per heavy atom. The second-order valence-corrected chi connectivity index (χ2v) is 7.00. The van der Waals surface area contributed by atoms with E-state index in [2.05, 4.69) is 21.3 Å². The molecule has 1 saturated carbocycles. The summed E-state index contributed by atoms with van der Waals surface area (Å²) in [6, 6.07) is 11.1. The zero-order valence-corrected chi connectivity index (χ0v) is 14.4. The molecule has 0 radical (unpaired) electrons. The van der Waals surface area contributed by atoms with Gasteiger partial charge >= 0.3 is 0 Å². The summed E-state index contributed by atoms with van der Waals surface area (Å²) in [5, 5.41) is 13.9. The molecule has 0 bridgehead atoms. The number of nitriles is 1. The number of morpholine rings is 1. The summed E-state index contributed by atoms with van der Waals surface area (Å²) < 4.78 is 5.47. The molecule has 25 heavy (non-hydrogen) atoms. The molecule has 5 heteroatoms. The number of hydrogen-bond donors (Lipinski definition) is 1. The van der Waals surface area contributed by atoms with Crippen molar-refractivity contribution >= 4 is 16.6 Å². The van der Waals surface area contributed by atoms with Crippen LogP contribution in [0.3, 0.4) is 0 Å². The number of anilines is 1. The minimum absolute atomic E-state index is 0.494. The Morgan fingerprint density at radius 3 is 2.68 bits per heavy atom. The van der Waals surface area contributed by atoms with Crippen molar-refractivity contribution in [2.75, 3.05) is 31.6 Å². The molecule has 130 valence electrons. The van der Waals surface area contributed by atoms with Crippen LogP contribution in [0, 0.1) is 11.3 Å². The SMILES string of the molecule is N#Cc1ccc2nccc(NC3CCC(N4CCOCC4)CC3)c2c1. The van der Waals surface area contributed by atoms with Gasteiger partial charge < -0.3 is 10.1 Å². The van der Waals surface area contributed by atoms with Gasteiger partial charge in [0.05, 0.1) is 30.4 Å². The van der Waals surface area contributed by atoms with Crippen LogP contribution < -0.4 is 5.32 Å².